The lowest BCUT2D eigenvalue weighted by Gasteiger charge is -2.31. The number of halogens is 2. The molecule has 0 heterocycles. The molecule has 1 aromatic rings. The Morgan fingerprint density at radius 3 is 2.65 bits per heavy atom. The Balaban J connectivity index is 2.31. The maximum atomic E-state index is 6.14. The highest BCUT2D eigenvalue weighted by molar-refractivity contribution is 9.08. The van der Waals surface area contributed by atoms with Gasteiger partial charge in [-0.2, -0.15) is 0 Å². The number of hydrogen-bond acceptors (Lipinski definition) is 1. The van der Waals surface area contributed by atoms with Crippen molar-refractivity contribution in [3.63, 3.8) is 0 Å². The van der Waals surface area contributed by atoms with Gasteiger partial charge in [0, 0.05) is 28.6 Å². The largest absolute Gasteiger partial charge is 0.369 e. The molecule has 1 aliphatic rings. The maximum absolute atomic E-state index is 6.14. The zero-order chi connectivity index (χ0) is 12.3. The van der Waals surface area contributed by atoms with Gasteiger partial charge in [-0.1, -0.05) is 46.4 Å². The molecule has 0 atom stereocenters. The van der Waals surface area contributed by atoms with Gasteiger partial charge in [0.15, 0.2) is 0 Å². The van der Waals surface area contributed by atoms with E-state index in [9.17, 15) is 0 Å². The third-order valence-electron chi connectivity index (χ3n) is 3.61. The van der Waals surface area contributed by atoms with E-state index in [2.05, 4.69) is 39.9 Å². The van der Waals surface area contributed by atoms with Crippen molar-refractivity contribution in [2.24, 2.45) is 0 Å². The van der Waals surface area contributed by atoms with Gasteiger partial charge in [-0.3, -0.25) is 0 Å². The van der Waals surface area contributed by atoms with Crippen LogP contribution in [0.25, 0.3) is 0 Å². The van der Waals surface area contributed by atoms with Gasteiger partial charge >= 0.3 is 0 Å². The molecule has 2 rings (SSSR count). The minimum Gasteiger partial charge on any atom is -0.369 e. The molecule has 0 saturated heterocycles. The van der Waals surface area contributed by atoms with Crippen LogP contribution in [0.1, 0.15) is 38.2 Å². The van der Waals surface area contributed by atoms with Gasteiger partial charge in [0.05, 0.1) is 0 Å². The third kappa shape index (κ3) is 2.97. The van der Waals surface area contributed by atoms with Crippen LogP contribution in [-0.2, 0) is 5.33 Å². The Morgan fingerprint density at radius 1 is 1.35 bits per heavy atom. The van der Waals surface area contributed by atoms with Crippen molar-refractivity contribution in [3.05, 3.63) is 28.8 Å². The molecule has 1 saturated carbocycles. The summed E-state index contributed by atoms with van der Waals surface area (Å²) < 4.78 is 0. The van der Waals surface area contributed by atoms with Crippen LogP contribution in [0.4, 0.5) is 5.69 Å². The van der Waals surface area contributed by atoms with Crippen LogP contribution in [0, 0.1) is 0 Å². The molecule has 0 amide bonds. The highest BCUT2D eigenvalue weighted by Crippen LogP contribution is 2.32. The van der Waals surface area contributed by atoms with E-state index in [1.54, 1.807) is 0 Å². The third-order valence-corrected chi connectivity index (χ3v) is 4.45. The molecule has 0 spiro atoms. The van der Waals surface area contributed by atoms with Crippen molar-refractivity contribution in [3.8, 4) is 0 Å². The SMILES string of the molecule is CCN(c1cc(Cl)ccc1CBr)C1CCCC1. The van der Waals surface area contributed by atoms with Crippen molar-refractivity contribution in [2.45, 2.75) is 44.0 Å². The molecule has 0 unspecified atom stereocenters. The van der Waals surface area contributed by atoms with Crippen LogP contribution >= 0.6 is 27.5 Å². The summed E-state index contributed by atoms with van der Waals surface area (Å²) in [6, 6.07) is 6.92. The average molecular weight is 317 g/mol. The number of benzene rings is 1. The molecule has 1 aromatic carbocycles. The highest BCUT2D eigenvalue weighted by Gasteiger charge is 2.23. The zero-order valence-corrected chi connectivity index (χ0v) is 12.6. The molecule has 0 N–H and O–H groups in total. The second-order valence-electron chi connectivity index (χ2n) is 4.63. The first-order valence-electron chi connectivity index (χ1n) is 6.37. The molecule has 1 aliphatic carbocycles. The summed E-state index contributed by atoms with van der Waals surface area (Å²) in [6.07, 6.45) is 5.38. The molecular weight excluding hydrogens is 298 g/mol. The molecule has 0 aliphatic heterocycles. The fourth-order valence-corrected chi connectivity index (χ4v) is 3.40. The molecule has 1 fully saturated rings. The van der Waals surface area contributed by atoms with E-state index < -0.39 is 0 Å². The van der Waals surface area contributed by atoms with Gasteiger partial charge < -0.3 is 4.90 Å². The average Bonchev–Trinajstić information content (AvgIpc) is 2.84. The van der Waals surface area contributed by atoms with Gasteiger partial charge in [0.25, 0.3) is 0 Å². The first-order valence-corrected chi connectivity index (χ1v) is 7.87. The Kier molecular flexibility index (Phi) is 4.75. The Morgan fingerprint density at radius 2 is 2.06 bits per heavy atom. The highest BCUT2D eigenvalue weighted by atomic mass is 79.9. The number of alkyl halides is 1. The predicted octanol–water partition coefficient (Wildman–Crippen LogP) is 5.00. The topological polar surface area (TPSA) is 3.24 Å². The number of hydrogen-bond donors (Lipinski definition) is 0. The zero-order valence-electron chi connectivity index (χ0n) is 10.3. The molecule has 0 aromatic heterocycles. The van der Waals surface area contributed by atoms with Gasteiger partial charge in [-0.05, 0) is 37.5 Å². The van der Waals surface area contributed by atoms with Crippen molar-refractivity contribution in [1.82, 2.24) is 0 Å². The van der Waals surface area contributed by atoms with Crippen molar-refractivity contribution < 1.29 is 0 Å². The fraction of sp³-hybridized carbons (Fsp3) is 0.571. The van der Waals surface area contributed by atoms with Crippen molar-refractivity contribution in [1.29, 1.82) is 0 Å². The summed E-state index contributed by atoms with van der Waals surface area (Å²) in [5.41, 5.74) is 2.65. The summed E-state index contributed by atoms with van der Waals surface area (Å²) in [4.78, 5) is 2.52. The van der Waals surface area contributed by atoms with E-state index in [4.69, 9.17) is 11.6 Å². The van der Waals surface area contributed by atoms with E-state index in [0.717, 1.165) is 16.9 Å². The Hall–Kier alpha value is -0.210. The summed E-state index contributed by atoms with van der Waals surface area (Å²) in [7, 11) is 0. The van der Waals surface area contributed by atoms with Gasteiger partial charge in [0.1, 0.15) is 0 Å². The van der Waals surface area contributed by atoms with E-state index >= 15 is 0 Å². The van der Waals surface area contributed by atoms with Crippen LogP contribution in [0.5, 0.6) is 0 Å². The molecule has 0 radical (unpaired) electrons. The number of anilines is 1. The molecular formula is C14H19BrClN. The van der Waals surface area contributed by atoms with Gasteiger partial charge in [-0.15, -0.1) is 0 Å². The lowest BCUT2D eigenvalue weighted by Crippen LogP contribution is -2.33. The standard InChI is InChI=1S/C14H19BrClN/c1-2-17(13-5-3-4-6-13)14-9-12(16)8-7-11(14)10-15/h7-9,13H,2-6,10H2,1H3. The molecule has 17 heavy (non-hydrogen) atoms. The van der Waals surface area contributed by atoms with Gasteiger partial charge in [-0.25, -0.2) is 0 Å². The summed E-state index contributed by atoms with van der Waals surface area (Å²) in [6.45, 7) is 3.29. The Labute approximate surface area is 117 Å². The quantitative estimate of drug-likeness (QED) is 0.706. The maximum Gasteiger partial charge on any atom is 0.0426 e. The molecule has 1 nitrogen and oxygen atoms in total. The first kappa shape index (κ1) is 13.2. The van der Waals surface area contributed by atoms with Crippen molar-refractivity contribution >= 4 is 33.2 Å². The normalized spacial score (nSPS) is 16.4. The van der Waals surface area contributed by atoms with Crippen LogP contribution in [-0.4, -0.2) is 12.6 Å². The first-order chi connectivity index (χ1) is 8.26. The summed E-state index contributed by atoms with van der Waals surface area (Å²) in [5.74, 6) is 0. The predicted molar refractivity (Wildman–Crippen MR) is 79.4 cm³/mol. The van der Waals surface area contributed by atoms with Crippen LogP contribution < -0.4 is 4.90 Å². The van der Waals surface area contributed by atoms with E-state index in [-0.39, 0.29) is 0 Å². The summed E-state index contributed by atoms with van der Waals surface area (Å²) in [5, 5.41) is 1.73. The number of nitrogens with zero attached hydrogens (tertiary/aromatic N) is 1. The minimum atomic E-state index is 0.705. The Bertz CT molecular complexity index is 374. The lowest BCUT2D eigenvalue weighted by molar-refractivity contribution is 0.618. The van der Waals surface area contributed by atoms with E-state index in [1.807, 2.05) is 6.07 Å². The molecule has 0 bridgehead atoms. The summed E-state index contributed by atoms with van der Waals surface area (Å²) >= 11 is 9.71. The smallest absolute Gasteiger partial charge is 0.0426 e. The second-order valence-corrected chi connectivity index (χ2v) is 5.63. The fourth-order valence-electron chi connectivity index (χ4n) is 2.76. The van der Waals surface area contributed by atoms with Crippen molar-refractivity contribution in [2.75, 3.05) is 11.4 Å². The molecule has 94 valence electrons. The minimum absolute atomic E-state index is 0.705. The lowest BCUT2D eigenvalue weighted by atomic mass is 10.1. The van der Waals surface area contributed by atoms with Gasteiger partial charge in [0.2, 0.25) is 0 Å². The molecule has 3 heteroatoms. The number of rotatable bonds is 4. The van der Waals surface area contributed by atoms with Crippen LogP contribution in [0.15, 0.2) is 18.2 Å². The van der Waals surface area contributed by atoms with Crippen LogP contribution in [0.3, 0.4) is 0 Å². The van der Waals surface area contributed by atoms with Crippen LogP contribution in [0.2, 0.25) is 5.02 Å². The second kappa shape index (κ2) is 6.10. The van der Waals surface area contributed by atoms with E-state index in [1.165, 1.54) is 36.9 Å². The monoisotopic (exact) mass is 315 g/mol. The van der Waals surface area contributed by atoms with E-state index in [0.29, 0.717) is 6.04 Å².